The second kappa shape index (κ2) is 6.79. The summed E-state index contributed by atoms with van der Waals surface area (Å²) in [5.41, 5.74) is 2.09. The molecule has 0 heterocycles. The smallest absolute Gasteiger partial charge is 0.258 e. The molecule has 1 amide bonds. The molecule has 0 aromatic heterocycles. The van der Waals surface area contributed by atoms with Crippen LogP contribution >= 0.6 is 0 Å². The lowest BCUT2D eigenvalue weighted by atomic mass is 10.1. The first kappa shape index (κ1) is 14.9. The van der Waals surface area contributed by atoms with E-state index < -0.39 is 0 Å². The number of rotatable bonds is 4. The van der Waals surface area contributed by atoms with E-state index in [1.54, 1.807) is 35.2 Å². The molecule has 0 saturated carbocycles. The van der Waals surface area contributed by atoms with Gasteiger partial charge in [0.1, 0.15) is 5.75 Å². The third-order valence-electron chi connectivity index (χ3n) is 3.62. The highest BCUT2D eigenvalue weighted by Crippen LogP contribution is 2.29. The lowest BCUT2D eigenvalue weighted by Gasteiger charge is -2.24. The summed E-state index contributed by atoms with van der Waals surface area (Å²) < 4.78 is 0. The molecule has 0 saturated heterocycles. The van der Waals surface area contributed by atoms with Gasteiger partial charge in [0.25, 0.3) is 5.91 Å². The SMILES string of the molecule is O=C(c1ccccc1)N(Cc1ccccc1)c1ccccc1O. The minimum absolute atomic E-state index is 0.0905. The monoisotopic (exact) mass is 303 g/mol. The summed E-state index contributed by atoms with van der Waals surface area (Å²) in [6, 6.07) is 25.7. The van der Waals surface area contributed by atoms with Crippen LogP contribution in [0, 0.1) is 0 Å². The molecule has 0 radical (unpaired) electrons. The molecule has 3 heteroatoms. The van der Waals surface area contributed by atoms with Gasteiger partial charge in [0, 0.05) is 5.56 Å². The molecule has 0 aliphatic rings. The predicted octanol–water partition coefficient (Wildman–Crippen LogP) is 4.24. The molecular formula is C20H17NO2. The minimum Gasteiger partial charge on any atom is -0.506 e. The number of phenols is 1. The molecule has 114 valence electrons. The first-order chi connectivity index (χ1) is 11.3. The second-order valence-corrected chi connectivity index (χ2v) is 5.23. The van der Waals surface area contributed by atoms with Crippen molar-refractivity contribution in [3.63, 3.8) is 0 Å². The van der Waals surface area contributed by atoms with Crippen molar-refractivity contribution in [2.24, 2.45) is 0 Å². The normalized spacial score (nSPS) is 10.3. The first-order valence-corrected chi connectivity index (χ1v) is 7.44. The van der Waals surface area contributed by atoms with Crippen LogP contribution in [0.4, 0.5) is 5.69 Å². The van der Waals surface area contributed by atoms with Crippen LogP contribution in [0.5, 0.6) is 5.75 Å². The van der Waals surface area contributed by atoms with Crippen molar-refractivity contribution in [3.8, 4) is 5.75 Å². The number of phenolic OH excluding ortho intramolecular Hbond substituents is 1. The van der Waals surface area contributed by atoms with Crippen molar-refractivity contribution in [1.82, 2.24) is 0 Å². The van der Waals surface area contributed by atoms with E-state index in [-0.39, 0.29) is 11.7 Å². The first-order valence-electron chi connectivity index (χ1n) is 7.44. The number of aromatic hydroxyl groups is 1. The quantitative estimate of drug-likeness (QED) is 0.783. The van der Waals surface area contributed by atoms with Gasteiger partial charge in [-0.3, -0.25) is 4.79 Å². The van der Waals surface area contributed by atoms with Crippen LogP contribution in [-0.2, 0) is 6.54 Å². The van der Waals surface area contributed by atoms with Crippen molar-refractivity contribution in [1.29, 1.82) is 0 Å². The predicted molar refractivity (Wildman–Crippen MR) is 91.5 cm³/mol. The number of carbonyl (C=O) groups excluding carboxylic acids is 1. The molecule has 3 aromatic carbocycles. The lowest BCUT2D eigenvalue weighted by Crippen LogP contribution is -2.30. The van der Waals surface area contributed by atoms with Crippen LogP contribution in [-0.4, -0.2) is 11.0 Å². The fraction of sp³-hybridized carbons (Fsp3) is 0.0500. The summed E-state index contributed by atoms with van der Waals surface area (Å²) in [5.74, 6) is -0.0522. The molecule has 0 aliphatic carbocycles. The molecule has 0 bridgehead atoms. The van der Waals surface area contributed by atoms with Gasteiger partial charge in [0.2, 0.25) is 0 Å². The van der Waals surface area contributed by atoms with Gasteiger partial charge in [-0.1, -0.05) is 60.7 Å². The van der Waals surface area contributed by atoms with Gasteiger partial charge in [0.05, 0.1) is 12.2 Å². The Labute approximate surface area is 135 Å². The maximum absolute atomic E-state index is 12.9. The van der Waals surface area contributed by atoms with E-state index in [0.717, 1.165) is 5.56 Å². The van der Waals surface area contributed by atoms with E-state index in [0.29, 0.717) is 17.8 Å². The molecule has 1 N–H and O–H groups in total. The van der Waals surface area contributed by atoms with Gasteiger partial charge in [-0.15, -0.1) is 0 Å². The highest BCUT2D eigenvalue weighted by molar-refractivity contribution is 6.06. The van der Waals surface area contributed by atoms with Crippen LogP contribution in [0.3, 0.4) is 0 Å². The minimum atomic E-state index is -0.143. The molecule has 0 spiro atoms. The molecule has 3 nitrogen and oxygen atoms in total. The number of amides is 1. The maximum Gasteiger partial charge on any atom is 0.258 e. The molecule has 0 atom stereocenters. The van der Waals surface area contributed by atoms with Gasteiger partial charge < -0.3 is 10.0 Å². The van der Waals surface area contributed by atoms with E-state index in [1.807, 2.05) is 54.6 Å². The average Bonchev–Trinajstić information content (AvgIpc) is 2.61. The Bertz CT molecular complexity index is 785. The number of carbonyl (C=O) groups is 1. The van der Waals surface area contributed by atoms with Gasteiger partial charge >= 0.3 is 0 Å². The van der Waals surface area contributed by atoms with Crippen molar-refractivity contribution in [3.05, 3.63) is 96.1 Å². The summed E-state index contributed by atoms with van der Waals surface area (Å²) in [4.78, 5) is 14.5. The number of hydrogen-bond acceptors (Lipinski definition) is 2. The molecular weight excluding hydrogens is 286 g/mol. The third-order valence-corrected chi connectivity index (χ3v) is 3.62. The molecule has 23 heavy (non-hydrogen) atoms. The van der Waals surface area contributed by atoms with E-state index in [9.17, 15) is 9.90 Å². The maximum atomic E-state index is 12.9. The van der Waals surface area contributed by atoms with Crippen molar-refractivity contribution in [2.45, 2.75) is 6.54 Å². The van der Waals surface area contributed by atoms with Crippen molar-refractivity contribution < 1.29 is 9.90 Å². The van der Waals surface area contributed by atoms with Gasteiger partial charge in [0.15, 0.2) is 0 Å². The van der Waals surface area contributed by atoms with Crippen LogP contribution in [0.15, 0.2) is 84.9 Å². The zero-order chi connectivity index (χ0) is 16.1. The molecule has 3 rings (SSSR count). The largest absolute Gasteiger partial charge is 0.506 e. The Kier molecular flexibility index (Phi) is 4.39. The summed E-state index contributed by atoms with van der Waals surface area (Å²) in [5, 5.41) is 10.2. The van der Waals surface area contributed by atoms with Crippen LogP contribution < -0.4 is 4.90 Å². The fourth-order valence-corrected chi connectivity index (χ4v) is 2.46. The number of benzene rings is 3. The molecule has 0 unspecified atom stereocenters. The van der Waals surface area contributed by atoms with E-state index in [2.05, 4.69) is 0 Å². The summed E-state index contributed by atoms with van der Waals surface area (Å²) in [7, 11) is 0. The third kappa shape index (κ3) is 3.40. The Hall–Kier alpha value is -3.07. The van der Waals surface area contributed by atoms with E-state index >= 15 is 0 Å². The Morgan fingerprint density at radius 2 is 1.35 bits per heavy atom. The second-order valence-electron chi connectivity index (χ2n) is 5.23. The van der Waals surface area contributed by atoms with E-state index in [4.69, 9.17) is 0 Å². The van der Waals surface area contributed by atoms with Crippen LogP contribution in [0.2, 0.25) is 0 Å². The number of nitrogens with zero attached hydrogens (tertiary/aromatic N) is 1. The van der Waals surface area contributed by atoms with Gasteiger partial charge in [-0.05, 0) is 29.8 Å². The zero-order valence-corrected chi connectivity index (χ0v) is 12.6. The zero-order valence-electron chi connectivity index (χ0n) is 12.6. The Morgan fingerprint density at radius 3 is 2.00 bits per heavy atom. The number of hydrogen-bond donors (Lipinski definition) is 1. The standard InChI is InChI=1S/C20H17NO2/c22-19-14-8-7-13-18(19)21(15-16-9-3-1-4-10-16)20(23)17-11-5-2-6-12-17/h1-14,22H,15H2. The summed E-state index contributed by atoms with van der Waals surface area (Å²) in [6.07, 6.45) is 0. The molecule has 0 aliphatic heterocycles. The molecule has 0 fully saturated rings. The topological polar surface area (TPSA) is 40.5 Å². The van der Waals surface area contributed by atoms with E-state index in [1.165, 1.54) is 0 Å². The Balaban J connectivity index is 2.00. The highest BCUT2D eigenvalue weighted by atomic mass is 16.3. The average molecular weight is 303 g/mol. The van der Waals surface area contributed by atoms with Crippen molar-refractivity contribution >= 4 is 11.6 Å². The highest BCUT2D eigenvalue weighted by Gasteiger charge is 2.20. The lowest BCUT2D eigenvalue weighted by molar-refractivity contribution is 0.0984. The number of para-hydroxylation sites is 2. The Morgan fingerprint density at radius 1 is 0.783 bits per heavy atom. The van der Waals surface area contributed by atoms with Gasteiger partial charge in [-0.25, -0.2) is 0 Å². The number of anilines is 1. The van der Waals surface area contributed by atoms with Crippen LogP contribution in [0.1, 0.15) is 15.9 Å². The van der Waals surface area contributed by atoms with Crippen LogP contribution in [0.25, 0.3) is 0 Å². The summed E-state index contributed by atoms with van der Waals surface area (Å²) in [6.45, 7) is 0.395. The van der Waals surface area contributed by atoms with Gasteiger partial charge in [-0.2, -0.15) is 0 Å². The fourth-order valence-electron chi connectivity index (χ4n) is 2.46. The van der Waals surface area contributed by atoms with Crippen molar-refractivity contribution in [2.75, 3.05) is 4.90 Å². The summed E-state index contributed by atoms with van der Waals surface area (Å²) >= 11 is 0. The molecule has 3 aromatic rings.